The third-order valence-electron chi connectivity index (χ3n) is 4.48. The number of sulfonamides is 1. The van der Waals surface area contributed by atoms with Crippen molar-refractivity contribution in [1.82, 2.24) is 9.62 Å². The molecule has 1 aliphatic heterocycles. The normalized spacial score (nSPS) is 16.8. The second-order valence-corrected chi connectivity index (χ2v) is 8.80. The number of carbonyl (C=O) groups excluding carboxylic acids is 2. The highest BCUT2D eigenvalue weighted by Crippen LogP contribution is 2.25. The SMILES string of the molecule is COC(=O)C(C)(C)NC(=O)C1CCN(S(=O)(=O)c2ccc(F)c(F)c2)CC1. The van der Waals surface area contributed by atoms with Gasteiger partial charge in [-0.1, -0.05) is 0 Å². The van der Waals surface area contributed by atoms with Crippen molar-refractivity contribution in [2.45, 2.75) is 37.1 Å². The third kappa shape index (κ3) is 4.62. The Balaban J connectivity index is 2.03. The van der Waals surface area contributed by atoms with Crippen LogP contribution in [0.3, 0.4) is 0 Å². The minimum absolute atomic E-state index is 0.0536. The molecule has 0 aromatic heterocycles. The van der Waals surface area contributed by atoms with Crippen molar-refractivity contribution in [3.63, 3.8) is 0 Å². The molecule has 1 aromatic rings. The van der Waals surface area contributed by atoms with Crippen LogP contribution in [0.2, 0.25) is 0 Å². The zero-order valence-electron chi connectivity index (χ0n) is 15.3. The summed E-state index contributed by atoms with van der Waals surface area (Å²) in [5.74, 6) is -3.79. The molecule has 0 radical (unpaired) electrons. The molecule has 2 rings (SSSR count). The zero-order chi connectivity index (χ0) is 20.4. The highest BCUT2D eigenvalue weighted by atomic mass is 32.2. The molecule has 1 heterocycles. The lowest BCUT2D eigenvalue weighted by molar-refractivity contribution is -0.150. The summed E-state index contributed by atoms with van der Waals surface area (Å²) in [5.41, 5.74) is -1.19. The van der Waals surface area contributed by atoms with Crippen LogP contribution in [-0.4, -0.2) is 50.3 Å². The van der Waals surface area contributed by atoms with Crippen LogP contribution in [0, 0.1) is 17.6 Å². The maximum atomic E-state index is 13.3. The maximum absolute atomic E-state index is 13.3. The lowest BCUT2D eigenvalue weighted by Gasteiger charge is -2.32. The summed E-state index contributed by atoms with van der Waals surface area (Å²) in [7, 11) is -2.76. The molecule has 1 amide bonds. The van der Waals surface area contributed by atoms with Crippen LogP contribution < -0.4 is 5.32 Å². The molecule has 1 N–H and O–H groups in total. The number of amides is 1. The molecule has 0 bridgehead atoms. The van der Waals surface area contributed by atoms with Crippen LogP contribution in [0.25, 0.3) is 0 Å². The Morgan fingerprint density at radius 2 is 1.78 bits per heavy atom. The van der Waals surface area contributed by atoms with Gasteiger partial charge in [0, 0.05) is 19.0 Å². The first-order valence-corrected chi connectivity index (χ1v) is 9.78. The van der Waals surface area contributed by atoms with E-state index in [1.54, 1.807) is 0 Å². The number of hydrogen-bond acceptors (Lipinski definition) is 5. The standard InChI is InChI=1S/C17H22F2N2O5S/c1-17(2,16(23)26-3)20-15(22)11-6-8-21(9-7-11)27(24,25)12-4-5-13(18)14(19)10-12/h4-5,10-11H,6-9H2,1-3H3,(H,20,22). The van der Waals surface area contributed by atoms with E-state index in [1.165, 1.54) is 21.0 Å². The van der Waals surface area contributed by atoms with E-state index in [4.69, 9.17) is 0 Å². The number of rotatable bonds is 5. The first-order valence-electron chi connectivity index (χ1n) is 8.34. The van der Waals surface area contributed by atoms with Crippen LogP contribution in [0.4, 0.5) is 8.78 Å². The molecule has 0 saturated carbocycles. The largest absolute Gasteiger partial charge is 0.467 e. The molecular formula is C17H22F2N2O5S. The Kier molecular flexibility index (Phi) is 6.21. The molecule has 1 aromatic carbocycles. The molecule has 0 spiro atoms. The fraction of sp³-hybridized carbons (Fsp3) is 0.529. The highest BCUT2D eigenvalue weighted by molar-refractivity contribution is 7.89. The Bertz CT molecular complexity index is 834. The lowest BCUT2D eigenvalue weighted by Crippen LogP contribution is -2.53. The van der Waals surface area contributed by atoms with Gasteiger partial charge in [-0.15, -0.1) is 0 Å². The van der Waals surface area contributed by atoms with Crippen LogP contribution in [-0.2, 0) is 24.3 Å². The Morgan fingerprint density at radius 1 is 1.19 bits per heavy atom. The van der Waals surface area contributed by atoms with Gasteiger partial charge in [0.2, 0.25) is 15.9 Å². The van der Waals surface area contributed by atoms with Gasteiger partial charge in [-0.3, -0.25) is 4.79 Å². The predicted molar refractivity (Wildman–Crippen MR) is 92.1 cm³/mol. The topological polar surface area (TPSA) is 92.8 Å². The number of benzene rings is 1. The zero-order valence-corrected chi connectivity index (χ0v) is 16.1. The van der Waals surface area contributed by atoms with Crippen molar-refractivity contribution in [2.75, 3.05) is 20.2 Å². The highest BCUT2D eigenvalue weighted by Gasteiger charge is 2.36. The molecule has 1 fully saturated rings. The van der Waals surface area contributed by atoms with E-state index in [0.29, 0.717) is 6.07 Å². The average molecular weight is 404 g/mol. The average Bonchev–Trinajstić information content (AvgIpc) is 2.62. The number of esters is 1. The summed E-state index contributed by atoms with van der Waals surface area (Å²) in [4.78, 5) is 23.7. The fourth-order valence-corrected chi connectivity index (χ4v) is 4.34. The van der Waals surface area contributed by atoms with E-state index >= 15 is 0 Å². The van der Waals surface area contributed by atoms with Gasteiger partial charge in [-0.25, -0.2) is 22.0 Å². The summed E-state index contributed by atoms with van der Waals surface area (Å²) < 4.78 is 57.3. The maximum Gasteiger partial charge on any atom is 0.330 e. The summed E-state index contributed by atoms with van der Waals surface area (Å²) in [6.45, 7) is 3.13. The van der Waals surface area contributed by atoms with Gasteiger partial charge in [0.05, 0.1) is 12.0 Å². The number of nitrogens with zero attached hydrogens (tertiary/aromatic N) is 1. The van der Waals surface area contributed by atoms with Gasteiger partial charge in [-0.2, -0.15) is 4.31 Å². The summed E-state index contributed by atoms with van der Waals surface area (Å²) in [6, 6.07) is 2.41. The first-order chi connectivity index (χ1) is 12.5. The first kappa shape index (κ1) is 21.2. The van der Waals surface area contributed by atoms with Gasteiger partial charge in [0.15, 0.2) is 11.6 Å². The number of hydrogen-bond donors (Lipinski definition) is 1. The molecule has 0 aliphatic carbocycles. The van der Waals surface area contributed by atoms with Gasteiger partial charge in [0.25, 0.3) is 0 Å². The van der Waals surface area contributed by atoms with E-state index in [9.17, 15) is 26.8 Å². The molecule has 150 valence electrons. The predicted octanol–water partition coefficient (Wildman–Crippen LogP) is 1.43. The van der Waals surface area contributed by atoms with Crippen molar-refractivity contribution in [2.24, 2.45) is 5.92 Å². The van der Waals surface area contributed by atoms with E-state index in [0.717, 1.165) is 16.4 Å². The van der Waals surface area contributed by atoms with Crippen molar-refractivity contribution in [3.05, 3.63) is 29.8 Å². The number of ether oxygens (including phenoxy) is 1. The minimum atomic E-state index is -3.98. The van der Waals surface area contributed by atoms with Crippen LogP contribution in [0.5, 0.6) is 0 Å². The van der Waals surface area contributed by atoms with E-state index in [1.807, 2.05) is 0 Å². The molecule has 0 atom stereocenters. The second kappa shape index (κ2) is 7.89. The van der Waals surface area contributed by atoms with E-state index in [2.05, 4.69) is 10.1 Å². The minimum Gasteiger partial charge on any atom is -0.467 e. The lowest BCUT2D eigenvalue weighted by atomic mass is 9.95. The van der Waals surface area contributed by atoms with E-state index < -0.39 is 39.1 Å². The number of piperidine rings is 1. The third-order valence-corrected chi connectivity index (χ3v) is 6.38. The molecule has 1 saturated heterocycles. The van der Waals surface area contributed by atoms with Crippen LogP contribution in [0.15, 0.2) is 23.1 Å². The molecule has 10 heteroatoms. The monoisotopic (exact) mass is 404 g/mol. The fourth-order valence-electron chi connectivity index (χ4n) is 2.86. The van der Waals surface area contributed by atoms with Crippen LogP contribution in [0.1, 0.15) is 26.7 Å². The summed E-state index contributed by atoms with van der Waals surface area (Å²) in [5, 5.41) is 2.60. The van der Waals surface area contributed by atoms with Crippen molar-refractivity contribution in [3.8, 4) is 0 Å². The number of carbonyl (C=O) groups is 2. The Labute approximate surface area is 156 Å². The molecule has 0 unspecified atom stereocenters. The summed E-state index contributed by atoms with van der Waals surface area (Å²) >= 11 is 0. The molecular weight excluding hydrogens is 382 g/mol. The Hall–Kier alpha value is -2.07. The van der Waals surface area contributed by atoms with Gasteiger partial charge in [0.1, 0.15) is 5.54 Å². The molecule has 7 nitrogen and oxygen atoms in total. The smallest absolute Gasteiger partial charge is 0.330 e. The van der Waals surface area contributed by atoms with Gasteiger partial charge >= 0.3 is 5.97 Å². The molecule has 1 aliphatic rings. The number of halogens is 2. The number of methoxy groups -OCH3 is 1. The van der Waals surface area contributed by atoms with Crippen LogP contribution >= 0.6 is 0 Å². The van der Waals surface area contributed by atoms with Gasteiger partial charge in [-0.05, 0) is 44.9 Å². The quantitative estimate of drug-likeness (QED) is 0.750. The van der Waals surface area contributed by atoms with Crippen molar-refractivity contribution >= 4 is 21.9 Å². The van der Waals surface area contributed by atoms with Crippen molar-refractivity contribution in [1.29, 1.82) is 0 Å². The van der Waals surface area contributed by atoms with E-state index in [-0.39, 0.29) is 36.7 Å². The molecule has 27 heavy (non-hydrogen) atoms. The Morgan fingerprint density at radius 3 is 2.30 bits per heavy atom. The van der Waals surface area contributed by atoms with Gasteiger partial charge < -0.3 is 10.1 Å². The number of nitrogens with one attached hydrogen (secondary N) is 1. The van der Waals surface area contributed by atoms with Crippen molar-refractivity contribution < 1.29 is 31.5 Å². The summed E-state index contributed by atoms with van der Waals surface area (Å²) in [6.07, 6.45) is 0.484. The second-order valence-electron chi connectivity index (χ2n) is 6.86.